The van der Waals surface area contributed by atoms with Gasteiger partial charge in [0.15, 0.2) is 11.6 Å². The summed E-state index contributed by atoms with van der Waals surface area (Å²) in [5.41, 5.74) is 3.89. The van der Waals surface area contributed by atoms with Crippen molar-refractivity contribution >= 4 is 34.8 Å². The number of benzene rings is 1. The average Bonchev–Trinajstić information content (AvgIpc) is 2.60. The van der Waals surface area contributed by atoms with E-state index < -0.39 is 5.92 Å². The third-order valence-electron chi connectivity index (χ3n) is 5.34. The summed E-state index contributed by atoms with van der Waals surface area (Å²) in [7, 11) is 1.54. The number of Topliss-reactive ketones (excluding diaryl/α,β-unsaturated/α-hetero) is 2. The summed E-state index contributed by atoms with van der Waals surface area (Å²) in [6, 6.07) is 3.38. The first kappa shape index (κ1) is 17.6. The lowest BCUT2D eigenvalue weighted by Gasteiger charge is -2.37. The molecule has 26 heavy (non-hydrogen) atoms. The predicted octanol–water partition coefficient (Wildman–Crippen LogP) is 4.70. The molecule has 1 aromatic rings. The first-order valence-corrected chi connectivity index (χ1v) is 9.59. The standard InChI is InChI=1S/C20H19Cl2NO3/c1-26-20-11(8-10(21)9-12(20)22)17-18-13(4-2-6-15(18)24)23-14-5-3-7-16(25)19(14)17/h8-9,17,23H,2-7H2,1H3. The van der Waals surface area contributed by atoms with Crippen molar-refractivity contribution in [3.05, 3.63) is 50.3 Å². The minimum atomic E-state index is -0.465. The average molecular weight is 392 g/mol. The normalized spacial score (nSPS) is 20.7. The Morgan fingerprint density at radius 3 is 2.08 bits per heavy atom. The van der Waals surface area contributed by atoms with Gasteiger partial charge in [-0.1, -0.05) is 23.2 Å². The number of methoxy groups -OCH3 is 1. The van der Waals surface area contributed by atoms with Gasteiger partial charge in [-0.05, 0) is 37.8 Å². The van der Waals surface area contributed by atoms with E-state index in [1.54, 1.807) is 12.1 Å². The Balaban J connectivity index is 1.99. The van der Waals surface area contributed by atoms with Gasteiger partial charge in [0.05, 0.1) is 12.1 Å². The first-order valence-electron chi connectivity index (χ1n) is 8.83. The molecular weight excluding hydrogens is 373 g/mol. The van der Waals surface area contributed by atoms with E-state index in [0.717, 1.165) is 37.1 Å². The summed E-state index contributed by atoms with van der Waals surface area (Å²) in [6.07, 6.45) is 4.23. The fourth-order valence-electron chi connectivity index (χ4n) is 4.30. The number of ketones is 2. The maximum absolute atomic E-state index is 12.8. The molecule has 136 valence electrons. The summed E-state index contributed by atoms with van der Waals surface area (Å²) in [5, 5.41) is 4.23. The van der Waals surface area contributed by atoms with Gasteiger partial charge >= 0.3 is 0 Å². The highest BCUT2D eigenvalue weighted by Gasteiger charge is 2.41. The molecule has 0 amide bonds. The molecule has 3 aliphatic rings. The Morgan fingerprint density at radius 1 is 0.962 bits per heavy atom. The molecule has 2 aliphatic carbocycles. The number of allylic oxidation sites excluding steroid dienone is 4. The second kappa shape index (κ2) is 6.75. The fourth-order valence-corrected chi connectivity index (χ4v) is 4.89. The molecule has 1 aromatic carbocycles. The van der Waals surface area contributed by atoms with Crippen LogP contribution in [0.3, 0.4) is 0 Å². The van der Waals surface area contributed by atoms with Crippen LogP contribution < -0.4 is 10.1 Å². The van der Waals surface area contributed by atoms with Crippen molar-refractivity contribution in [2.45, 2.75) is 44.4 Å². The zero-order chi connectivity index (χ0) is 18.4. The lowest BCUT2D eigenvalue weighted by molar-refractivity contribution is -0.116. The Bertz CT molecular complexity index is 843. The largest absolute Gasteiger partial charge is 0.495 e. The number of hydrogen-bond acceptors (Lipinski definition) is 4. The summed E-state index contributed by atoms with van der Waals surface area (Å²) in [4.78, 5) is 25.6. The molecule has 0 saturated heterocycles. The molecule has 1 heterocycles. The molecule has 0 fully saturated rings. The van der Waals surface area contributed by atoms with E-state index in [1.807, 2.05) is 0 Å². The Hall–Kier alpha value is -1.78. The molecule has 0 radical (unpaired) electrons. The zero-order valence-corrected chi connectivity index (χ0v) is 16.0. The minimum absolute atomic E-state index is 0.0758. The number of ether oxygens (including phenoxy) is 1. The van der Waals surface area contributed by atoms with Gasteiger partial charge in [-0.3, -0.25) is 9.59 Å². The van der Waals surface area contributed by atoms with Crippen molar-refractivity contribution in [3.8, 4) is 5.75 Å². The lowest BCUT2D eigenvalue weighted by atomic mass is 9.71. The van der Waals surface area contributed by atoms with Crippen LogP contribution in [0.25, 0.3) is 0 Å². The molecule has 0 unspecified atom stereocenters. The summed E-state index contributed by atoms with van der Waals surface area (Å²) in [5.74, 6) is 0.157. The van der Waals surface area contributed by atoms with Crippen molar-refractivity contribution < 1.29 is 14.3 Å². The SMILES string of the molecule is COc1c(Cl)cc(Cl)cc1C1C2=C(CCCC2=O)NC2=C1C(=O)CCC2. The molecule has 0 spiro atoms. The van der Waals surface area contributed by atoms with E-state index in [-0.39, 0.29) is 11.6 Å². The number of hydrogen-bond donors (Lipinski definition) is 1. The van der Waals surface area contributed by atoms with Crippen LogP contribution in [0.1, 0.15) is 50.0 Å². The summed E-state index contributed by atoms with van der Waals surface area (Å²) >= 11 is 12.6. The zero-order valence-electron chi connectivity index (χ0n) is 14.5. The van der Waals surface area contributed by atoms with Crippen LogP contribution in [-0.2, 0) is 9.59 Å². The Kier molecular flexibility index (Phi) is 4.57. The van der Waals surface area contributed by atoms with Crippen LogP contribution in [0.4, 0.5) is 0 Å². The quantitative estimate of drug-likeness (QED) is 0.793. The molecule has 4 nitrogen and oxygen atoms in total. The molecule has 6 heteroatoms. The van der Waals surface area contributed by atoms with Crippen LogP contribution in [0.2, 0.25) is 10.0 Å². The van der Waals surface area contributed by atoms with Crippen molar-refractivity contribution in [1.29, 1.82) is 0 Å². The molecule has 0 saturated carbocycles. The van der Waals surface area contributed by atoms with Crippen molar-refractivity contribution in [3.63, 3.8) is 0 Å². The topological polar surface area (TPSA) is 55.4 Å². The van der Waals surface area contributed by atoms with E-state index >= 15 is 0 Å². The van der Waals surface area contributed by atoms with Gasteiger partial charge in [-0.25, -0.2) is 0 Å². The number of carbonyl (C=O) groups is 2. The minimum Gasteiger partial charge on any atom is -0.495 e. The molecule has 0 aromatic heterocycles. The summed E-state index contributed by atoms with van der Waals surface area (Å²) < 4.78 is 5.54. The number of carbonyl (C=O) groups excluding carboxylic acids is 2. The molecular formula is C20H19Cl2NO3. The van der Waals surface area contributed by atoms with Crippen LogP contribution in [0, 0.1) is 0 Å². The third kappa shape index (κ3) is 2.76. The van der Waals surface area contributed by atoms with Crippen molar-refractivity contribution in [2.24, 2.45) is 0 Å². The highest BCUT2D eigenvalue weighted by Crippen LogP contribution is 2.49. The van der Waals surface area contributed by atoms with E-state index in [1.165, 1.54) is 7.11 Å². The van der Waals surface area contributed by atoms with Crippen molar-refractivity contribution in [2.75, 3.05) is 7.11 Å². The first-order chi connectivity index (χ1) is 12.5. The Labute approximate surface area is 162 Å². The molecule has 0 bridgehead atoms. The van der Waals surface area contributed by atoms with Gasteiger partial charge < -0.3 is 10.1 Å². The van der Waals surface area contributed by atoms with Gasteiger partial charge in [0.2, 0.25) is 0 Å². The second-order valence-electron chi connectivity index (χ2n) is 6.91. The number of dihydropyridines is 1. The van der Waals surface area contributed by atoms with E-state index in [0.29, 0.717) is 45.3 Å². The van der Waals surface area contributed by atoms with Gasteiger partial charge in [0.25, 0.3) is 0 Å². The third-order valence-corrected chi connectivity index (χ3v) is 5.84. The molecule has 1 N–H and O–H groups in total. The maximum Gasteiger partial charge on any atom is 0.161 e. The van der Waals surface area contributed by atoms with Gasteiger partial charge in [0, 0.05) is 51.9 Å². The molecule has 4 rings (SSSR count). The molecule has 0 atom stereocenters. The van der Waals surface area contributed by atoms with Crippen LogP contribution in [0.15, 0.2) is 34.7 Å². The van der Waals surface area contributed by atoms with E-state index in [4.69, 9.17) is 27.9 Å². The summed E-state index contributed by atoms with van der Waals surface area (Å²) in [6.45, 7) is 0. The predicted molar refractivity (Wildman–Crippen MR) is 101 cm³/mol. The van der Waals surface area contributed by atoms with Crippen LogP contribution >= 0.6 is 23.2 Å². The highest BCUT2D eigenvalue weighted by molar-refractivity contribution is 6.35. The second-order valence-corrected chi connectivity index (χ2v) is 7.75. The van der Waals surface area contributed by atoms with Gasteiger partial charge in [-0.15, -0.1) is 0 Å². The number of nitrogens with one attached hydrogen (secondary N) is 1. The Morgan fingerprint density at radius 2 is 1.54 bits per heavy atom. The van der Waals surface area contributed by atoms with Crippen LogP contribution in [-0.4, -0.2) is 18.7 Å². The number of rotatable bonds is 2. The van der Waals surface area contributed by atoms with Crippen LogP contribution in [0.5, 0.6) is 5.75 Å². The van der Waals surface area contributed by atoms with Gasteiger partial charge in [-0.2, -0.15) is 0 Å². The molecule has 1 aliphatic heterocycles. The fraction of sp³-hybridized carbons (Fsp3) is 0.400. The lowest BCUT2D eigenvalue weighted by Crippen LogP contribution is -2.36. The van der Waals surface area contributed by atoms with E-state index in [2.05, 4.69) is 5.32 Å². The number of halogens is 2. The highest BCUT2D eigenvalue weighted by atomic mass is 35.5. The monoisotopic (exact) mass is 391 g/mol. The van der Waals surface area contributed by atoms with Crippen molar-refractivity contribution in [1.82, 2.24) is 5.32 Å². The van der Waals surface area contributed by atoms with E-state index in [9.17, 15) is 9.59 Å². The maximum atomic E-state index is 12.8. The van der Waals surface area contributed by atoms with Gasteiger partial charge in [0.1, 0.15) is 5.75 Å². The smallest absolute Gasteiger partial charge is 0.161 e.